The third-order valence-electron chi connectivity index (χ3n) is 4.27. The zero-order valence-electron chi connectivity index (χ0n) is 13.1. The van der Waals surface area contributed by atoms with E-state index in [1.54, 1.807) is 11.3 Å². The maximum atomic E-state index is 11.2. The summed E-state index contributed by atoms with van der Waals surface area (Å²) in [6.45, 7) is 3.40. The third-order valence-corrected chi connectivity index (χ3v) is 5.50. The van der Waals surface area contributed by atoms with Crippen LogP contribution in [0, 0.1) is 0 Å². The summed E-state index contributed by atoms with van der Waals surface area (Å²) in [6.07, 6.45) is 2.36. The molecule has 0 bridgehead atoms. The van der Waals surface area contributed by atoms with Crippen LogP contribution in [0.25, 0.3) is 20.5 Å². The van der Waals surface area contributed by atoms with Gasteiger partial charge < -0.3 is 15.4 Å². The van der Waals surface area contributed by atoms with Crippen molar-refractivity contribution in [1.29, 1.82) is 0 Å². The number of aromatic nitrogens is 1. The van der Waals surface area contributed by atoms with Gasteiger partial charge in [0, 0.05) is 35.2 Å². The zero-order valence-corrected chi connectivity index (χ0v) is 13.9. The average Bonchev–Trinajstić information content (AvgIpc) is 3.09. The fraction of sp³-hybridized carbons (Fsp3) is 0.222. The Morgan fingerprint density at radius 3 is 2.67 bits per heavy atom. The number of benzene rings is 1. The molecule has 0 atom stereocenters. The van der Waals surface area contributed by atoms with Crippen molar-refractivity contribution < 1.29 is 9.53 Å². The summed E-state index contributed by atoms with van der Waals surface area (Å²) < 4.78 is 6.29. The van der Waals surface area contributed by atoms with Crippen molar-refractivity contribution in [3.8, 4) is 10.4 Å². The molecule has 0 aliphatic carbocycles. The smallest absolute Gasteiger partial charge is 0.153 e. The summed E-state index contributed by atoms with van der Waals surface area (Å²) in [5.74, 6) is 0.461. The standard InChI is InChI=1S/C18H17N3O2S/c19-18-15-9-16(24-17(15)13(11-22)10-20-18)12-1-3-14(4-2-12)21-5-7-23-8-6-21/h1-4,9-11H,5-8H2,(H2,19,20). The molecular weight excluding hydrogens is 322 g/mol. The molecule has 1 aromatic carbocycles. The van der Waals surface area contributed by atoms with E-state index in [1.807, 2.05) is 6.07 Å². The molecule has 1 fully saturated rings. The van der Waals surface area contributed by atoms with Crippen LogP contribution >= 0.6 is 11.3 Å². The van der Waals surface area contributed by atoms with Crippen LogP contribution in [-0.4, -0.2) is 37.6 Å². The maximum Gasteiger partial charge on any atom is 0.153 e. The van der Waals surface area contributed by atoms with Crippen LogP contribution in [0.4, 0.5) is 11.5 Å². The number of nitrogens with zero attached hydrogens (tertiary/aromatic N) is 2. The minimum atomic E-state index is 0.461. The summed E-state index contributed by atoms with van der Waals surface area (Å²) >= 11 is 1.57. The van der Waals surface area contributed by atoms with Crippen LogP contribution in [0.2, 0.25) is 0 Å². The molecule has 2 N–H and O–H groups in total. The van der Waals surface area contributed by atoms with Crippen LogP contribution in [0.15, 0.2) is 36.5 Å². The molecule has 3 aromatic rings. The average molecular weight is 339 g/mol. The summed E-state index contributed by atoms with van der Waals surface area (Å²) in [7, 11) is 0. The molecule has 0 saturated carbocycles. The lowest BCUT2D eigenvalue weighted by Crippen LogP contribution is -2.36. The first-order valence-corrected chi connectivity index (χ1v) is 8.64. The zero-order chi connectivity index (χ0) is 16.5. The number of morpholine rings is 1. The lowest BCUT2D eigenvalue weighted by atomic mass is 10.1. The van der Waals surface area contributed by atoms with Crippen molar-refractivity contribution in [1.82, 2.24) is 4.98 Å². The van der Waals surface area contributed by atoms with Gasteiger partial charge in [-0.2, -0.15) is 0 Å². The molecule has 1 aliphatic rings. The SMILES string of the molecule is Nc1ncc(C=O)c2sc(-c3ccc(N4CCOCC4)cc3)cc12. The van der Waals surface area contributed by atoms with Crippen molar-refractivity contribution >= 4 is 39.2 Å². The molecule has 0 spiro atoms. The highest BCUT2D eigenvalue weighted by molar-refractivity contribution is 7.22. The summed E-state index contributed by atoms with van der Waals surface area (Å²) in [4.78, 5) is 18.7. The first kappa shape index (κ1) is 15.1. The first-order valence-electron chi connectivity index (χ1n) is 7.82. The number of pyridine rings is 1. The molecular formula is C18H17N3O2S. The molecule has 0 radical (unpaired) electrons. The number of fused-ring (bicyclic) bond motifs is 1. The van der Waals surface area contributed by atoms with Gasteiger partial charge in [0.25, 0.3) is 0 Å². The molecule has 1 saturated heterocycles. The summed E-state index contributed by atoms with van der Waals surface area (Å²) in [6, 6.07) is 10.5. The topological polar surface area (TPSA) is 68.5 Å². The fourth-order valence-corrected chi connectivity index (χ4v) is 4.09. The molecule has 122 valence electrons. The normalized spacial score (nSPS) is 14.9. The van der Waals surface area contributed by atoms with Crippen molar-refractivity contribution in [3.05, 3.63) is 42.1 Å². The Balaban J connectivity index is 1.69. The van der Waals surface area contributed by atoms with Gasteiger partial charge in [-0.15, -0.1) is 11.3 Å². The number of thiophene rings is 1. The Labute approximate surface area is 143 Å². The van der Waals surface area contributed by atoms with Crippen LogP contribution < -0.4 is 10.6 Å². The van der Waals surface area contributed by atoms with Crippen LogP contribution in [0.5, 0.6) is 0 Å². The Kier molecular flexibility index (Phi) is 3.92. The highest BCUT2D eigenvalue weighted by Gasteiger charge is 2.13. The summed E-state index contributed by atoms with van der Waals surface area (Å²) in [5, 5.41) is 0.844. The maximum absolute atomic E-state index is 11.2. The summed E-state index contributed by atoms with van der Waals surface area (Å²) in [5.41, 5.74) is 8.86. The van der Waals surface area contributed by atoms with Crippen molar-refractivity contribution in [2.75, 3.05) is 36.9 Å². The lowest BCUT2D eigenvalue weighted by molar-refractivity contribution is 0.112. The molecule has 3 heterocycles. The predicted molar refractivity (Wildman–Crippen MR) is 97.9 cm³/mol. The fourth-order valence-electron chi connectivity index (χ4n) is 2.95. The second-order valence-corrected chi connectivity index (χ2v) is 6.77. The van der Waals surface area contributed by atoms with E-state index in [1.165, 1.54) is 11.9 Å². The minimum absolute atomic E-state index is 0.461. The molecule has 2 aromatic heterocycles. The van der Waals surface area contributed by atoms with E-state index in [0.29, 0.717) is 11.4 Å². The number of hydrogen-bond acceptors (Lipinski definition) is 6. The number of nitrogens with two attached hydrogens (primary N) is 1. The molecule has 24 heavy (non-hydrogen) atoms. The molecule has 6 heteroatoms. The quantitative estimate of drug-likeness (QED) is 0.742. The van der Waals surface area contributed by atoms with Crippen LogP contribution in [-0.2, 0) is 4.74 Å². The molecule has 0 amide bonds. The molecule has 5 nitrogen and oxygen atoms in total. The number of ether oxygens (including phenoxy) is 1. The number of aldehydes is 1. The molecule has 1 aliphatic heterocycles. The van der Waals surface area contributed by atoms with Gasteiger partial charge in [-0.05, 0) is 23.8 Å². The van der Waals surface area contributed by atoms with E-state index in [9.17, 15) is 4.79 Å². The Morgan fingerprint density at radius 1 is 1.21 bits per heavy atom. The number of nitrogen functional groups attached to an aromatic ring is 1. The van der Waals surface area contributed by atoms with Gasteiger partial charge in [-0.3, -0.25) is 4.79 Å². The van der Waals surface area contributed by atoms with Gasteiger partial charge in [0.1, 0.15) is 5.82 Å². The van der Waals surface area contributed by atoms with E-state index in [-0.39, 0.29) is 0 Å². The van der Waals surface area contributed by atoms with Gasteiger partial charge in [0.15, 0.2) is 6.29 Å². The van der Waals surface area contributed by atoms with Crippen molar-refractivity contribution in [3.63, 3.8) is 0 Å². The number of rotatable bonds is 3. The Hall–Kier alpha value is -2.44. The minimum Gasteiger partial charge on any atom is -0.383 e. The largest absolute Gasteiger partial charge is 0.383 e. The molecule has 0 unspecified atom stereocenters. The van der Waals surface area contributed by atoms with Gasteiger partial charge in [0.05, 0.1) is 23.5 Å². The number of carbonyl (C=O) groups excluding carboxylic acids is 1. The van der Waals surface area contributed by atoms with Crippen molar-refractivity contribution in [2.45, 2.75) is 0 Å². The van der Waals surface area contributed by atoms with Crippen molar-refractivity contribution in [2.24, 2.45) is 0 Å². The van der Waals surface area contributed by atoms with E-state index in [2.05, 4.69) is 34.1 Å². The predicted octanol–water partition coefficient (Wildman–Crippen LogP) is 3.19. The Morgan fingerprint density at radius 2 is 1.96 bits per heavy atom. The number of anilines is 2. The lowest BCUT2D eigenvalue weighted by Gasteiger charge is -2.28. The first-order chi connectivity index (χ1) is 11.8. The Bertz CT molecular complexity index is 883. The van der Waals surface area contributed by atoms with E-state index in [4.69, 9.17) is 10.5 Å². The van der Waals surface area contributed by atoms with E-state index < -0.39 is 0 Å². The highest BCUT2D eigenvalue weighted by atomic mass is 32.1. The third kappa shape index (κ3) is 2.64. The van der Waals surface area contributed by atoms with Gasteiger partial charge in [-0.1, -0.05) is 12.1 Å². The monoisotopic (exact) mass is 339 g/mol. The van der Waals surface area contributed by atoms with Gasteiger partial charge in [-0.25, -0.2) is 4.98 Å². The second-order valence-electron chi connectivity index (χ2n) is 5.72. The van der Waals surface area contributed by atoms with Crippen LogP contribution in [0.1, 0.15) is 10.4 Å². The van der Waals surface area contributed by atoms with Crippen LogP contribution in [0.3, 0.4) is 0 Å². The van der Waals surface area contributed by atoms with Gasteiger partial charge in [0.2, 0.25) is 0 Å². The van der Waals surface area contributed by atoms with E-state index >= 15 is 0 Å². The molecule has 4 rings (SSSR count). The second kappa shape index (κ2) is 6.22. The van der Waals surface area contributed by atoms with Gasteiger partial charge >= 0.3 is 0 Å². The highest BCUT2D eigenvalue weighted by Crippen LogP contribution is 2.37. The number of hydrogen-bond donors (Lipinski definition) is 1. The number of carbonyl (C=O) groups is 1. The van der Waals surface area contributed by atoms with E-state index in [0.717, 1.165) is 53.1 Å².